The molecular formula is C16H21N5OS. The van der Waals surface area contributed by atoms with E-state index in [4.69, 9.17) is 0 Å². The molecule has 1 saturated heterocycles. The fourth-order valence-electron chi connectivity index (χ4n) is 2.75. The molecule has 0 N–H and O–H groups in total. The predicted octanol–water partition coefficient (Wildman–Crippen LogP) is 2.38. The second-order valence-corrected chi connectivity index (χ2v) is 6.76. The zero-order valence-electron chi connectivity index (χ0n) is 13.5. The molecule has 1 aliphatic rings. The predicted molar refractivity (Wildman–Crippen MR) is 89.8 cm³/mol. The summed E-state index contributed by atoms with van der Waals surface area (Å²) in [5.74, 6) is 0.552. The first-order chi connectivity index (χ1) is 11.2. The Hall–Kier alpha value is -1.89. The van der Waals surface area contributed by atoms with Gasteiger partial charge in [-0.3, -0.25) is 4.79 Å². The minimum absolute atomic E-state index is 0.171. The lowest BCUT2D eigenvalue weighted by molar-refractivity contribution is -0.129. The number of aromatic nitrogens is 4. The van der Waals surface area contributed by atoms with Gasteiger partial charge in [0.15, 0.2) is 0 Å². The van der Waals surface area contributed by atoms with E-state index in [-0.39, 0.29) is 5.91 Å². The van der Waals surface area contributed by atoms with E-state index in [9.17, 15) is 4.79 Å². The van der Waals surface area contributed by atoms with Crippen LogP contribution in [0.5, 0.6) is 0 Å². The number of hydrogen-bond donors (Lipinski definition) is 0. The fraction of sp³-hybridized carbons (Fsp3) is 0.500. The van der Waals surface area contributed by atoms with Crippen molar-refractivity contribution in [3.8, 4) is 5.69 Å². The third-order valence-electron chi connectivity index (χ3n) is 4.28. The molecule has 0 unspecified atom stereocenters. The first-order valence-electron chi connectivity index (χ1n) is 7.92. The number of piperidine rings is 1. The highest BCUT2D eigenvalue weighted by molar-refractivity contribution is 7.99. The molecule has 2 heterocycles. The summed E-state index contributed by atoms with van der Waals surface area (Å²) >= 11 is 1.40. The summed E-state index contributed by atoms with van der Waals surface area (Å²) in [7, 11) is 0. The van der Waals surface area contributed by atoms with Crippen LogP contribution in [0.15, 0.2) is 23.4 Å². The molecule has 6 nitrogen and oxygen atoms in total. The molecule has 7 heteroatoms. The van der Waals surface area contributed by atoms with Crippen molar-refractivity contribution in [3.05, 3.63) is 29.3 Å². The number of amides is 1. The number of tetrazole rings is 1. The van der Waals surface area contributed by atoms with Crippen molar-refractivity contribution in [2.45, 2.75) is 38.3 Å². The molecule has 1 aromatic heterocycles. The van der Waals surface area contributed by atoms with Crippen LogP contribution in [0.1, 0.15) is 30.4 Å². The Kier molecular flexibility index (Phi) is 4.95. The molecule has 2 aromatic rings. The molecule has 1 aromatic carbocycles. The number of hydrogen-bond acceptors (Lipinski definition) is 5. The van der Waals surface area contributed by atoms with Crippen LogP contribution in [0.4, 0.5) is 0 Å². The van der Waals surface area contributed by atoms with Gasteiger partial charge < -0.3 is 4.90 Å². The van der Waals surface area contributed by atoms with Crippen molar-refractivity contribution in [1.29, 1.82) is 0 Å². The van der Waals surface area contributed by atoms with Gasteiger partial charge in [-0.05, 0) is 60.7 Å². The zero-order valence-corrected chi connectivity index (χ0v) is 14.3. The molecule has 1 amide bonds. The maximum absolute atomic E-state index is 12.3. The van der Waals surface area contributed by atoms with E-state index in [1.165, 1.54) is 23.7 Å². The van der Waals surface area contributed by atoms with Crippen molar-refractivity contribution in [2.75, 3.05) is 18.8 Å². The van der Waals surface area contributed by atoms with Crippen molar-refractivity contribution in [3.63, 3.8) is 0 Å². The van der Waals surface area contributed by atoms with Crippen LogP contribution in [0.25, 0.3) is 5.69 Å². The molecular weight excluding hydrogens is 310 g/mol. The number of nitrogens with zero attached hydrogens (tertiary/aromatic N) is 5. The largest absolute Gasteiger partial charge is 0.342 e. The molecule has 0 aliphatic carbocycles. The van der Waals surface area contributed by atoms with Crippen molar-refractivity contribution in [2.24, 2.45) is 0 Å². The average Bonchev–Trinajstić information content (AvgIpc) is 3.04. The van der Waals surface area contributed by atoms with E-state index in [0.717, 1.165) is 37.2 Å². The Morgan fingerprint density at radius 1 is 1.22 bits per heavy atom. The van der Waals surface area contributed by atoms with Gasteiger partial charge in [0.1, 0.15) is 0 Å². The highest BCUT2D eigenvalue weighted by Crippen LogP contribution is 2.23. The van der Waals surface area contributed by atoms with Crippen LogP contribution in [0, 0.1) is 13.8 Å². The molecule has 0 spiro atoms. The monoisotopic (exact) mass is 331 g/mol. The molecule has 23 heavy (non-hydrogen) atoms. The standard InChI is InChI=1S/C16H21N5OS/c1-12-7-6-8-14(13(12)2)21-16(17-18-19-21)23-11-15(22)20-9-4-3-5-10-20/h6-8H,3-5,9-11H2,1-2H3. The second kappa shape index (κ2) is 7.12. The summed E-state index contributed by atoms with van der Waals surface area (Å²) in [4.78, 5) is 14.2. The Labute approximate surface area is 140 Å². The molecule has 0 atom stereocenters. The van der Waals surface area contributed by atoms with E-state index in [2.05, 4.69) is 35.4 Å². The van der Waals surface area contributed by atoms with Crippen molar-refractivity contribution < 1.29 is 4.79 Å². The van der Waals surface area contributed by atoms with Gasteiger partial charge in [-0.25, -0.2) is 0 Å². The number of likely N-dealkylation sites (tertiary alicyclic amines) is 1. The lowest BCUT2D eigenvalue weighted by Gasteiger charge is -2.26. The molecule has 0 saturated carbocycles. The van der Waals surface area contributed by atoms with Gasteiger partial charge in [0.25, 0.3) is 0 Å². The summed E-state index contributed by atoms with van der Waals surface area (Å²) in [5.41, 5.74) is 3.30. The van der Waals surface area contributed by atoms with Crippen molar-refractivity contribution >= 4 is 17.7 Å². The van der Waals surface area contributed by atoms with E-state index in [1.807, 2.05) is 17.0 Å². The minimum Gasteiger partial charge on any atom is -0.342 e. The zero-order chi connectivity index (χ0) is 16.2. The summed E-state index contributed by atoms with van der Waals surface area (Å²) < 4.78 is 1.72. The Balaban J connectivity index is 1.71. The molecule has 1 fully saturated rings. The van der Waals surface area contributed by atoms with E-state index >= 15 is 0 Å². The van der Waals surface area contributed by atoms with E-state index < -0.39 is 0 Å². The van der Waals surface area contributed by atoms with Crippen LogP contribution in [0.2, 0.25) is 0 Å². The minimum atomic E-state index is 0.171. The van der Waals surface area contributed by atoms with Gasteiger partial charge >= 0.3 is 0 Å². The maximum atomic E-state index is 12.3. The van der Waals surface area contributed by atoms with Crippen LogP contribution < -0.4 is 0 Å². The van der Waals surface area contributed by atoms with Crippen molar-refractivity contribution in [1.82, 2.24) is 25.1 Å². The number of rotatable bonds is 4. The summed E-state index contributed by atoms with van der Waals surface area (Å²) in [5, 5.41) is 12.6. The lowest BCUT2D eigenvalue weighted by Crippen LogP contribution is -2.36. The first-order valence-corrected chi connectivity index (χ1v) is 8.91. The number of carbonyl (C=O) groups is 1. The highest BCUT2D eigenvalue weighted by atomic mass is 32.2. The van der Waals surface area contributed by atoms with Crippen LogP contribution in [0.3, 0.4) is 0 Å². The second-order valence-electron chi connectivity index (χ2n) is 5.82. The smallest absolute Gasteiger partial charge is 0.233 e. The van der Waals surface area contributed by atoms with Gasteiger partial charge in [-0.15, -0.1) is 5.10 Å². The van der Waals surface area contributed by atoms with Gasteiger partial charge in [0.2, 0.25) is 11.1 Å². The molecule has 1 aliphatic heterocycles. The summed E-state index contributed by atoms with van der Waals surface area (Å²) in [6.07, 6.45) is 3.44. The molecule has 122 valence electrons. The Morgan fingerprint density at radius 3 is 2.78 bits per heavy atom. The molecule has 0 radical (unpaired) electrons. The summed E-state index contributed by atoms with van der Waals surface area (Å²) in [6.45, 7) is 5.87. The number of carbonyl (C=O) groups excluding carboxylic acids is 1. The quantitative estimate of drug-likeness (QED) is 0.805. The van der Waals surface area contributed by atoms with Gasteiger partial charge in [-0.2, -0.15) is 4.68 Å². The Bertz CT molecular complexity index is 694. The number of benzene rings is 1. The lowest BCUT2D eigenvalue weighted by atomic mass is 10.1. The Morgan fingerprint density at radius 2 is 2.00 bits per heavy atom. The third kappa shape index (κ3) is 3.55. The topological polar surface area (TPSA) is 63.9 Å². The normalized spacial score (nSPS) is 15.0. The number of aryl methyl sites for hydroxylation is 1. The summed E-state index contributed by atoms with van der Waals surface area (Å²) in [6, 6.07) is 6.05. The fourth-order valence-corrected chi connectivity index (χ4v) is 3.53. The highest BCUT2D eigenvalue weighted by Gasteiger charge is 2.19. The van der Waals surface area contributed by atoms with Gasteiger partial charge in [-0.1, -0.05) is 23.9 Å². The van der Waals surface area contributed by atoms with Gasteiger partial charge in [0.05, 0.1) is 11.4 Å². The van der Waals surface area contributed by atoms with Crippen LogP contribution in [-0.2, 0) is 4.79 Å². The van der Waals surface area contributed by atoms with E-state index in [0.29, 0.717) is 10.9 Å². The van der Waals surface area contributed by atoms with E-state index in [1.54, 1.807) is 4.68 Å². The van der Waals surface area contributed by atoms with Crippen LogP contribution in [-0.4, -0.2) is 49.9 Å². The first kappa shape index (κ1) is 16.0. The molecule has 0 bridgehead atoms. The molecule has 3 rings (SSSR count). The van der Waals surface area contributed by atoms with Gasteiger partial charge in [0, 0.05) is 13.1 Å². The maximum Gasteiger partial charge on any atom is 0.233 e. The average molecular weight is 331 g/mol. The van der Waals surface area contributed by atoms with Crippen LogP contribution >= 0.6 is 11.8 Å². The third-order valence-corrected chi connectivity index (χ3v) is 5.18. The number of thioether (sulfide) groups is 1. The SMILES string of the molecule is Cc1cccc(-n2nnnc2SCC(=O)N2CCCCC2)c1C.